The van der Waals surface area contributed by atoms with Crippen LogP contribution in [0.2, 0.25) is 0 Å². The first kappa shape index (κ1) is 23.8. The molecule has 1 N–H and O–H groups in total. The first-order valence-electron chi connectivity index (χ1n) is 12.2. The van der Waals surface area contributed by atoms with Crippen LogP contribution >= 0.6 is 0 Å². The van der Waals surface area contributed by atoms with E-state index in [9.17, 15) is 19.6 Å². The lowest BCUT2D eigenvalue weighted by atomic mass is 10.00. The van der Waals surface area contributed by atoms with Crippen molar-refractivity contribution in [3.05, 3.63) is 76.4 Å². The van der Waals surface area contributed by atoms with Gasteiger partial charge in [-0.15, -0.1) is 0 Å². The van der Waals surface area contributed by atoms with Gasteiger partial charge in [-0.25, -0.2) is 19.2 Å². The molecule has 0 amide bonds. The van der Waals surface area contributed by atoms with Crippen LogP contribution in [0.1, 0.15) is 43.9 Å². The van der Waals surface area contributed by atoms with Gasteiger partial charge in [-0.1, -0.05) is 0 Å². The quantitative estimate of drug-likeness (QED) is 0.382. The number of halogens is 1. The third-order valence-electron chi connectivity index (χ3n) is 6.82. The van der Waals surface area contributed by atoms with Crippen LogP contribution < -0.4 is 10.4 Å². The zero-order valence-electron chi connectivity index (χ0n) is 20.8. The molecule has 192 valence electrons. The fourth-order valence-electron chi connectivity index (χ4n) is 4.90. The molecule has 10 nitrogen and oxygen atoms in total. The Morgan fingerprint density at radius 2 is 2.05 bits per heavy atom. The number of aromatic nitrogens is 6. The molecule has 3 aromatic heterocycles. The third kappa shape index (κ3) is 3.99. The maximum absolute atomic E-state index is 14.3. The van der Waals surface area contributed by atoms with Gasteiger partial charge in [0, 0.05) is 18.5 Å². The van der Waals surface area contributed by atoms with Crippen molar-refractivity contribution in [2.24, 2.45) is 0 Å². The highest BCUT2D eigenvalue weighted by atomic mass is 19.1. The highest BCUT2D eigenvalue weighted by Crippen LogP contribution is 2.36. The second kappa shape index (κ2) is 8.78. The molecule has 4 heterocycles. The number of imidazole rings is 2. The van der Waals surface area contributed by atoms with Gasteiger partial charge in [-0.2, -0.15) is 10.2 Å². The average molecular weight is 514 g/mol. The lowest BCUT2D eigenvalue weighted by Gasteiger charge is -2.26. The summed E-state index contributed by atoms with van der Waals surface area (Å²) in [6.07, 6.45) is 3.92. The minimum Gasteiger partial charge on any atom is -0.493 e. The van der Waals surface area contributed by atoms with Crippen LogP contribution in [0.4, 0.5) is 4.39 Å². The van der Waals surface area contributed by atoms with Crippen molar-refractivity contribution in [3.8, 4) is 17.8 Å². The van der Waals surface area contributed by atoms with E-state index in [-0.39, 0.29) is 18.2 Å². The number of aryl methyl sites for hydroxylation is 1. The number of aliphatic hydroxyl groups is 1. The first-order chi connectivity index (χ1) is 18.2. The van der Waals surface area contributed by atoms with Crippen LogP contribution in [0.25, 0.3) is 28.1 Å². The Balaban J connectivity index is 1.58. The number of hydrogen-bond acceptors (Lipinski definition) is 7. The largest absolute Gasteiger partial charge is 0.493 e. The van der Waals surface area contributed by atoms with Gasteiger partial charge in [0.25, 0.3) is 0 Å². The Hall–Kier alpha value is -4.56. The molecule has 6 rings (SSSR count). The van der Waals surface area contributed by atoms with Gasteiger partial charge in [-0.3, -0.25) is 13.7 Å². The molecule has 0 radical (unpaired) electrons. The Morgan fingerprint density at radius 3 is 2.84 bits per heavy atom. The maximum Gasteiger partial charge on any atom is 0.330 e. The Bertz CT molecular complexity index is 1810. The standard InChI is InChI=1S/C27H24FN7O3/c1-27(2,37)8-9-33-22-14-30-25(34-15-31-19-5-3-16(13-29)11-21(19)34)32-24(22)35(26(33)36)20-7-10-38-23-6-4-17(28)12-18(20)23/h3-6,11-12,14-15,20,37H,7-10H2,1-2H3/t20-/m1/s1. The van der Waals surface area contributed by atoms with Crippen LogP contribution in [-0.2, 0) is 6.54 Å². The van der Waals surface area contributed by atoms with Crippen LogP contribution in [0.3, 0.4) is 0 Å². The number of benzene rings is 2. The van der Waals surface area contributed by atoms with Gasteiger partial charge >= 0.3 is 5.69 Å². The molecular formula is C27H24FN7O3. The molecule has 2 aromatic carbocycles. The topological polar surface area (TPSA) is 124 Å². The van der Waals surface area contributed by atoms with Gasteiger partial charge in [0.1, 0.15) is 23.4 Å². The zero-order chi connectivity index (χ0) is 26.6. The molecule has 0 saturated carbocycles. The summed E-state index contributed by atoms with van der Waals surface area (Å²) in [7, 11) is 0. The zero-order valence-corrected chi connectivity index (χ0v) is 20.8. The highest BCUT2D eigenvalue weighted by molar-refractivity contribution is 5.79. The van der Waals surface area contributed by atoms with Crippen LogP contribution in [-0.4, -0.2) is 46.0 Å². The van der Waals surface area contributed by atoms with E-state index < -0.39 is 17.5 Å². The van der Waals surface area contributed by atoms with Gasteiger partial charge in [-0.05, 0) is 56.7 Å². The minimum atomic E-state index is -0.989. The van der Waals surface area contributed by atoms with Gasteiger partial charge < -0.3 is 9.84 Å². The van der Waals surface area contributed by atoms with E-state index in [0.29, 0.717) is 58.5 Å². The summed E-state index contributed by atoms with van der Waals surface area (Å²) in [5.74, 6) is 0.368. The molecule has 1 aliphatic heterocycles. The van der Waals surface area contributed by atoms with E-state index in [1.54, 1.807) is 64.3 Å². The summed E-state index contributed by atoms with van der Waals surface area (Å²) in [5.41, 5.74) is 1.89. The van der Waals surface area contributed by atoms with E-state index in [1.807, 2.05) is 0 Å². The van der Waals surface area contributed by atoms with Crippen molar-refractivity contribution >= 4 is 22.2 Å². The van der Waals surface area contributed by atoms with Crippen molar-refractivity contribution < 1.29 is 14.2 Å². The number of hydrogen-bond donors (Lipinski definition) is 1. The molecule has 5 aromatic rings. The number of fused-ring (bicyclic) bond motifs is 3. The van der Waals surface area contributed by atoms with Gasteiger partial charge in [0.2, 0.25) is 5.95 Å². The van der Waals surface area contributed by atoms with Crippen molar-refractivity contribution in [2.75, 3.05) is 6.61 Å². The fourth-order valence-corrected chi connectivity index (χ4v) is 4.90. The predicted molar refractivity (Wildman–Crippen MR) is 137 cm³/mol. The van der Waals surface area contributed by atoms with E-state index in [2.05, 4.69) is 16.0 Å². The van der Waals surface area contributed by atoms with Crippen LogP contribution in [0.5, 0.6) is 5.75 Å². The van der Waals surface area contributed by atoms with Crippen molar-refractivity contribution in [1.29, 1.82) is 5.26 Å². The summed E-state index contributed by atoms with van der Waals surface area (Å²) in [5, 5.41) is 19.7. The van der Waals surface area contributed by atoms with Crippen LogP contribution in [0.15, 0.2) is 53.7 Å². The smallest absolute Gasteiger partial charge is 0.330 e. The van der Waals surface area contributed by atoms with Gasteiger partial charge in [0.05, 0.1) is 47.1 Å². The molecule has 0 saturated heterocycles. The maximum atomic E-state index is 14.3. The molecule has 11 heteroatoms. The van der Waals surface area contributed by atoms with Gasteiger partial charge in [0.15, 0.2) is 5.65 Å². The van der Waals surface area contributed by atoms with Crippen molar-refractivity contribution in [2.45, 2.75) is 44.9 Å². The summed E-state index contributed by atoms with van der Waals surface area (Å²) < 4.78 is 24.8. The second-order valence-electron chi connectivity index (χ2n) is 10.0. The SMILES string of the molecule is CC(C)(O)CCn1c(=O)n([C@@H]2CCOc3ccc(F)cc32)c2nc(-n3cnc4ccc(C#N)cc43)ncc21. The predicted octanol–water partition coefficient (Wildman–Crippen LogP) is 3.48. The van der Waals surface area contributed by atoms with Crippen molar-refractivity contribution in [1.82, 2.24) is 28.7 Å². The number of ether oxygens (including phenoxy) is 1. The summed E-state index contributed by atoms with van der Waals surface area (Å²) in [6.45, 7) is 3.96. The Morgan fingerprint density at radius 1 is 1.21 bits per heavy atom. The molecule has 0 fully saturated rings. The Labute approximate surface area is 216 Å². The molecule has 0 bridgehead atoms. The highest BCUT2D eigenvalue weighted by Gasteiger charge is 2.30. The molecular weight excluding hydrogens is 489 g/mol. The molecule has 1 atom stereocenters. The molecule has 0 aliphatic carbocycles. The Kier molecular flexibility index (Phi) is 5.50. The number of rotatable bonds is 5. The fraction of sp³-hybridized carbons (Fsp3) is 0.296. The lowest BCUT2D eigenvalue weighted by molar-refractivity contribution is 0.0662. The molecule has 1 aliphatic rings. The molecule has 38 heavy (non-hydrogen) atoms. The number of nitrogens with zero attached hydrogens (tertiary/aromatic N) is 7. The lowest BCUT2D eigenvalue weighted by Crippen LogP contribution is -2.32. The molecule has 0 unspecified atom stereocenters. The number of nitriles is 1. The summed E-state index contributed by atoms with van der Waals surface area (Å²) >= 11 is 0. The average Bonchev–Trinajstić information content (AvgIpc) is 3.43. The summed E-state index contributed by atoms with van der Waals surface area (Å²) in [6, 6.07) is 11.0. The minimum absolute atomic E-state index is 0.243. The summed E-state index contributed by atoms with van der Waals surface area (Å²) in [4.78, 5) is 27.6. The normalized spacial score (nSPS) is 15.4. The van der Waals surface area contributed by atoms with E-state index in [1.165, 1.54) is 12.1 Å². The first-order valence-corrected chi connectivity index (χ1v) is 12.2. The van der Waals surface area contributed by atoms with E-state index >= 15 is 0 Å². The van der Waals surface area contributed by atoms with Crippen LogP contribution in [0, 0.1) is 17.1 Å². The monoisotopic (exact) mass is 513 g/mol. The molecule has 0 spiro atoms. The van der Waals surface area contributed by atoms with E-state index in [4.69, 9.17) is 9.72 Å². The van der Waals surface area contributed by atoms with Crippen molar-refractivity contribution in [3.63, 3.8) is 0 Å². The van der Waals surface area contributed by atoms with E-state index in [0.717, 1.165) is 0 Å². The second-order valence-corrected chi connectivity index (χ2v) is 10.0. The third-order valence-corrected chi connectivity index (χ3v) is 6.82.